The molecule has 4 heteroatoms. The molecule has 4 rings (SSSR count). The number of aldehydes is 1. The van der Waals surface area contributed by atoms with Crippen LogP contribution in [0.4, 0.5) is 0 Å². The minimum Gasteiger partial charge on any atom is -0.388 e. The fourth-order valence-corrected chi connectivity index (χ4v) is 4.55. The van der Waals surface area contributed by atoms with Crippen molar-refractivity contribution in [1.82, 2.24) is 9.97 Å². The molecule has 0 aliphatic heterocycles. The molecule has 4 nitrogen and oxygen atoms in total. The predicted molar refractivity (Wildman–Crippen MR) is 91.3 cm³/mol. The molecule has 4 atom stereocenters. The van der Waals surface area contributed by atoms with Gasteiger partial charge in [0.05, 0.1) is 6.10 Å². The van der Waals surface area contributed by atoms with Gasteiger partial charge < -0.3 is 5.11 Å². The van der Waals surface area contributed by atoms with Gasteiger partial charge in [0.15, 0.2) is 6.29 Å². The molecule has 24 heavy (non-hydrogen) atoms. The average molecular weight is 322 g/mol. The third-order valence-corrected chi connectivity index (χ3v) is 5.87. The van der Waals surface area contributed by atoms with E-state index >= 15 is 0 Å². The van der Waals surface area contributed by atoms with Crippen LogP contribution in [0.2, 0.25) is 0 Å². The first-order chi connectivity index (χ1) is 11.6. The maximum absolute atomic E-state index is 11.5. The second-order valence-electron chi connectivity index (χ2n) is 7.27. The van der Waals surface area contributed by atoms with Crippen LogP contribution in [-0.2, 0) is 6.42 Å². The van der Waals surface area contributed by atoms with Gasteiger partial charge in [0, 0.05) is 41.8 Å². The Morgan fingerprint density at radius 3 is 2.67 bits per heavy atom. The number of aromatic nitrogens is 2. The third-order valence-electron chi connectivity index (χ3n) is 5.87. The van der Waals surface area contributed by atoms with Crippen LogP contribution in [0.15, 0.2) is 24.8 Å². The quantitative estimate of drug-likeness (QED) is 0.876. The standard InChI is InChI=1S/C20H22N2O2/c1-11-3-4-14-16(11)7-22-9-18(14)20(24)15-5-12(2)17-8-21-6-13(10-23)19(15)17/h6-12,15,20,24H,3-5H2,1-2H3/t11-,12-,15-,20-/m0/s1. The Morgan fingerprint density at radius 1 is 1.12 bits per heavy atom. The summed E-state index contributed by atoms with van der Waals surface area (Å²) in [6, 6.07) is 0. The zero-order valence-corrected chi connectivity index (χ0v) is 14.1. The number of fused-ring (bicyclic) bond motifs is 2. The second kappa shape index (κ2) is 5.78. The van der Waals surface area contributed by atoms with Crippen molar-refractivity contribution in [2.75, 3.05) is 0 Å². The molecule has 0 aromatic carbocycles. The molecule has 0 saturated carbocycles. The molecule has 0 fully saturated rings. The van der Waals surface area contributed by atoms with Gasteiger partial charge in [-0.25, -0.2) is 0 Å². The molecule has 124 valence electrons. The predicted octanol–water partition coefficient (Wildman–Crippen LogP) is 3.66. The second-order valence-corrected chi connectivity index (χ2v) is 7.27. The topological polar surface area (TPSA) is 63.1 Å². The van der Waals surface area contributed by atoms with Crippen LogP contribution in [0, 0.1) is 0 Å². The summed E-state index contributed by atoms with van der Waals surface area (Å²) >= 11 is 0. The molecular formula is C20H22N2O2. The van der Waals surface area contributed by atoms with Gasteiger partial charge >= 0.3 is 0 Å². The van der Waals surface area contributed by atoms with Crippen LogP contribution in [0.1, 0.15) is 88.7 Å². The van der Waals surface area contributed by atoms with Gasteiger partial charge in [-0.05, 0) is 53.4 Å². The molecule has 2 aromatic rings. The minimum absolute atomic E-state index is 0.0672. The molecule has 0 unspecified atom stereocenters. The molecule has 2 heterocycles. The smallest absolute Gasteiger partial charge is 0.151 e. The van der Waals surface area contributed by atoms with E-state index in [0.717, 1.165) is 42.2 Å². The zero-order chi connectivity index (χ0) is 16.8. The van der Waals surface area contributed by atoms with E-state index in [1.165, 1.54) is 11.1 Å². The van der Waals surface area contributed by atoms with Gasteiger partial charge in [-0.3, -0.25) is 14.8 Å². The summed E-state index contributed by atoms with van der Waals surface area (Å²) in [4.78, 5) is 20.0. The molecule has 0 radical (unpaired) electrons. The Labute approximate surface area is 142 Å². The van der Waals surface area contributed by atoms with Crippen molar-refractivity contribution in [1.29, 1.82) is 0 Å². The van der Waals surface area contributed by atoms with Gasteiger partial charge in [0.1, 0.15) is 0 Å². The fourth-order valence-electron chi connectivity index (χ4n) is 4.55. The summed E-state index contributed by atoms with van der Waals surface area (Å²) < 4.78 is 0. The van der Waals surface area contributed by atoms with E-state index in [-0.39, 0.29) is 5.92 Å². The first-order valence-corrected chi connectivity index (χ1v) is 8.69. The van der Waals surface area contributed by atoms with Crippen molar-refractivity contribution in [3.05, 3.63) is 58.2 Å². The normalized spacial score (nSPS) is 26.0. The molecular weight excluding hydrogens is 300 g/mol. The number of rotatable bonds is 3. The Hall–Kier alpha value is -2.07. The summed E-state index contributed by atoms with van der Waals surface area (Å²) in [6.07, 6.45) is 10.4. The van der Waals surface area contributed by atoms with Crippen LogP contribution in [-0.4, -0.2) is 21.4 Å². The molecule has 1 N–H and O–H groups in total. The van der Waals surface area contributed by atoms with Crippen molar-refractivity contribution in [2.45, 2.75) is 57.0 Å². The Balaban J connectivity index is 1.79. The molecule has 0 bridgehead atoms. The Kier molecular flexibility index (Phi) is 3.72. The highest BCUT2D eigenvalue weighted by Crippen LogP contribution is 2.49. The lowest BCUT2D eigenvalue weighted by atomic mass is 9.86. The van der Waals surface area contributed by atoms with E-state index in [4.69, 9.17) is 0 Å². The molecule has 0 spiro atoms. The van der Waals surface area contributed by atoms with Crippen LogP contribution >= 0.6 is 0 Å². The number of aliphatic hydroxyl groups excluding tert-OH is 1. The third kappa shape index (κ3) is 2.20. The van der Waals surface area contributed by atoms with Crippen LogP contribution in [0.3, 0.4) is 0 Å². The average Bonchev–Trinajstić information content (AvgIpc) is 3.15. The highest BCUT2D eigenvalue weighted by molar-refractivity contribution is 5.78. The minimum atomic E-state index is -0.623. The maximum Gasteiger partial charge on any atom is 0.151 e. The number of carbonyl (C=O) groups excluding carboxylic acids is 1. The van der Waals surface area contributed by atoms with E-state index in [9.17, 15) is 9.90 Å². The van der Waals surface area contributed by atoms with Gasteiger partial charge in [-0.1, -0.05) is 13.8 Å². The number of hydrogen-bond acceptors (Lipinski definition) is 4. The van der Waals surface area contributed by atoms with Crippen molar-refractivity contribution >= 4 is 6.29 Å². The largest absolute Gasteiger partial charge is 0.388 e. The monoisotopic (exact) mass is 322 g/mol. The van der Waals surface area contributed by atoms with E-state index in [1.54, 1.807) is 6.20 Å². The SMILES string of the molecule is C[C@H]1CCc2c([C@@H](O)[C@H]3C[C@H](C)c4cncc(C=O)c43)cncc21. The Bertz CT molecular complexity index is 802. The molecule has 0 saturated heterocycles. The van der Waals surface area contributed by atoms with Crippen molar-refractivity contribution in [3.63, 3.8) is 0 Å². The van der Waals surface area contributed by atoms with Gasteiger partial charge in [-0.2, -0.15) is 0 Å². The molecule has 0 amide bonds. The molecule has 2 aliphatic rings. The summed E-state index contributed by atoms with van der Waals surface area (Å²) in [5.41, 5.74) is 6.14. The van der Waals surface area contributed by atoms with Crippen LogP contribution < -0.4 is 0 Å². The summed E-state index contributed by atoms with van der Waals surface area (Å²) in [7, 11) is 0. The maximum atomic E-state index is 11.5. The number of aliphatic hydroxyl groups is 1. The van der Waals surface area contributed by atoms with Gasteiger partial charge in [-0.15, -0.1) is 0 Å². The van der Waals surface area contributed by atoms with Crippen molar-refractivity contribution < 1.29 is 9.90 Å². The highest BCUT2D eigenvalue weighted by atomic mass is 16.3. The van der Waals surface area contributed by atoms with Gasteiger partial charge in [0.2, 0.25) is 0 Å². The van der Waals surface area contributed by atoms with Crippen molar-refractivity contribution in [3.8, 4) is 0 Å². The molecule has 2 aliphatic carbocycles. The summed E-state index contributed by atoms with van der Waals surface area (Å²) in [5.74, 6) is 0.738. The van der Waals surface area contributed by atoms with Crippen LogP contribution in [0.25, 0.3) is 0 Å². The lowest BCUT2D eigenvalue weighted by Gasteiger charge is -2.23. The molecule has 2 aromatic heterocycles. The first kappa shape index (κ1) is 15.5. The summed E-state index contributed by atoms with van der Waals surface area (Å²) in [6.45, 7) is 4.35. The van der Waals surface area contributed by atoms with Crippen molar-refractivity contribution in [2.24, 2.45) is 0 Å². The first-order valence-electron chi connectivity index (χ1n) is 8.69. The van der Waals surface area contributed by atoms with E-state index < -0.39 is 6.10 Å². The number of carbonyl (C=O) groups is 1. The van der Waals surface area contributed by atoms with E-state index in [0.29, 0.717) is 17.4 Å². The fraction of sp³-hybridized carbons (Fsp3) is 0.450. The van der Waals surface area contributed by atoms with E-state index in [1.807, 2.05) is 18.6 Å². The zero-order valence-electron chi connectivity index (χ0n) is 14.1. The lowest BCUT2D eigenvalue weighted by molar-refractivity contribution is 0.111. The number of hydrogen-bond donors (Lipinski definition) is 1. The lowest BCUT2D eigenvalue weighted by Crippen LogP contribution is -2.13. The Morgan fingerprint density at radius 2 is 1.88 bits per heavy atom. The highest BCUT2D eigenvalue weighted by Gasteiger charge is 2.37. The number of nitrogens with zero attached hydrogens (tertiary/aromatic N) is 2. The van der Waals surface area contributed by atoms with Crippen LogP contribution in [0.5, 0.6) is 0 Å². The van der Waals surface area contributed by atoms with E-state index in [2.05, 4.69) is 23.8 Å². The number of pyridine rings is 2. The van der Waals surface area contributed by atoms with Gasteiger partial charge in [0.25, 0.3) is 0 Å². The summed E-state index contributed by atoms with van der Waals surface area (Å²) in [5, 5.41) is 11.2.